The average molecular weight is 254 g/mol. The molecule has 100 valence electrons. The molecule has 2 aliphatic heterocycles. The lowest BCUT2D eigenvalue weighted by atomic mass is 9.99. The lowest BCUT2D eigenvalue weighted by Gasteiger charge is -2.43. The van der Waals surface area contributed by atoms with Gasteiger partial charge in [0, 0.05) is 13.1 Å². The summed E-state index contributed by atoms with van der Waals surface area (Å²) >= 11 is 0. The van der Waals surface area contributed by atoms with Crippen molar-refractivity contribution >= 4 is 0 Å². The molecule has 18 heavy (non-hydrogen) atoms. The summed E-state index contributed by atoms with van der Waals surface area (Å²) in [5.74, 6) is 0. The zero-order valence-corrected chi connectivity index (χ0v) is 10.1. The first-order chi connectivity index (χ1) is 8.83. The van der Waals surface area contributed by atoms with Crippen LogP contribution in [0, 0.1) is 0 Å². The highest BCUT2D eigenvalue weighted by Crippen LogP contribution is 2.30. The number of hydrogen-bond donors (Lipinski definition) is 2. The van der Waals surface area contributed by atoms with Gasteiger partial charge in [-0.05, 0) is 6.42 Å². The van der Waals surface area contributed by atoms with Gasteiger partial charge >= 0.3 is 0 Å². The van der Waals surface area contributed by atoms with Crippen molar-refractivity contribution in [3.8, 4) is 0 Å². The summed E-state index contributed by atoms with van der Waals surface area (Å²) in [6, 6.07) is -0.0644. The Kier molecular flexibility index (Phi) is 3.29. The number of nitrogens with zero attached hydrogens (tertiary/aromatic N) is 4. The molecule has 0 bridgehead atoms. The molecule has 1 fully saturated rings. The first-order valence-electron chi connectivity index (χ1n) is 6.30. The van der Waals surface area contributed by atoms with Crippen LogP contribution in [0.3, 0.4) is 0 Å². The van der Waals surface area contributed by atoms with E-state index >= 15 is 0 Å². The van der Waals surface area contributed by atoms with Gasteiger partial charge in [0.1, 0.15) is 0 Å². The summed E-state index contributed by atoms with van der Waals surface area (Å²) in [5.41, 5.74) is 0.989. The lowest BCUT2D eigenvalue weighted by Crippen LogP contribution is -2.53. The number of rotatable bonds is 3. The zero-order chi connectivity index (χ0) is 12.5. The summed E-state index contributed by atoms with van der Waals surface area (Å²) in [5, 5.41) is 26.6. The minimum atomic E-state index is -0.195. The van der Waals surface area contributed by atoms with E-state index in [0.717, 1.165) is 25.2 Å². The summed E-state index contributed by atoms with van der Waals surface area (Å²) in [7, 11) is 0. The van der Waals surface area contributed by atoms with Gasteiger partial charge in [-0.2, -0.15) is 0 Å². The first kappa shape index (κ1) is 12.0. The van der Waals surface area contributed by atoms with Gasteiger partial charge in [0.2, 0.25) is 0 Å². The van der Waals surface area contributed by atoms with Crippen LogP contribution in [0.5, 0.6) is 0 Å². The number of hydrogen-bond acceptors (Lipinski definition) is 6. The summed E-state index contributed by atoms with van der Waals surface area (Å²) in [6.45, 7) is 2.07. The van der Waals surface area contributed by atoms with Gasteiger partial charge in [-0.25, -0.2) is 4.68 Å². The Morgan fingerprint density at radius 1 is 1.44 bits per heavy atom. The zero-order valence-electron chi connectivity index (χ0n) is 10.1. The molecule has 3 heterocycles. The molecule has 0 amide bonds. The molecule has 7 nitrogen and oxygen atoms in total. The lowest BCUT2D eigenvalue weighted by molar-refractivity contribution is -0.0798. The second kappa shape index (κ2) is 4.93. The fourth-order valence-electron chi connectivity index (χ4n) is 2.82. The van der Waals surface area contributed by atoms with Gasteiger partial charge in [-0.15, -0.1) is 5.10 Å². The van der Waals surface area contributed by atoms with Crippen LogP contribution in [0.1, 0.15) is 18.2 Å². The number of ether oxygens (including phenoxy) is 1. The largest absolute Gasteiger partial charge is 0.395 e. The number of aliphatic hydroxyl groups excluding tert-OH is 2. The molecule has 2 aliphatic rings. The van der Waals surface area contributed by atoms with E-state index in [1.165, 1.54) is 0 Å². The van der Waals surface area contributed by atoms with Crippen molar-refractivity contribution in [1.29, 1.82) is 0 Å². The number of fused-ring (bicyclic) bond motifs is 3. The highest BCUT2D eigenvalue weighted by Gasteiger charge is 2.37. The quantitative estimate of drug-likeness (QED) is 0.703. The number of piperidine rings is 1. The molecular formula is C11H18N4O3. The van der Waals surface area contributed by atoms with Gasteiger partial charge in [0.25, 0.3) is 0 Å². The van der Waals surface area contributed by atoms with Crippen LogP contribution in [0.15, 0.2) is 6.20 Å². The molecule has 0 saturated carbocycles. The van der Waals surface area contributed by atoms with Crippen molar-refractivity contribution < 1.29 is 14.9 Å². The number of aliphatic hydroxyl groups is 2. The Morgan fingerprint density at radius 3 is 3.06 bits per heavy atom. The minimum Gasteiger partial charge on any atom is -0.395 e. The van der Waals surface area contributed by atoms with Crippen LogP contribution >= 0.6 is 0 Å². The second-order valence-corrected chi connectivity index (χ2v) is 4.89. The Labute approximate surface area is 105 Å². The van der Waals surface area contributed by atoms with Gasteiger partial charge in [-0.1, -0.05) is 5.21 Å². The summed E-state index contributed by atoms with van der Waals surface area (Å²) in [4.78, 5) is 2.10. The van der Waals surface area contributed by atoms with E-state index in [-0.39, 0.29) is 31.4 Å². The Bertz CT molecular complexity index is 407. The maximum atomic E-state index is 9.26. The molecular weight excluding hydrogens is 236 g/mol. The minimum absolute atomic E-state index is 0.0288. The molecule has 2 atom stereocenters. The maximum Gasteiger partial charge on any atom is 0.0930 e. The second-order valence-electron chi connectivity index (χ2n) is 4.89. The van der Waals surface area contributed by atoms with Gasteiger partial charge in [-0.3, -0.25) is 4.90 Å². The van der Waals surface area contributed by atoms with Crippen molar-refractivity contribution in [2.24, 2.45) is 0 Å². The molecule has 1 aromatic heterocycles. The smallest absolute Gasteiger partial charge is 0.0930 e. The van der Waals surface area contributed by atoms with Crippen LogP contribution in [0.4, 0.5) is 0 Å². The van der Waals surface area contributed by atoms with Crippen LogP contribution in [0.2, 0.25) is 0 Å². The molecule has 7 heteroatoms. The van der Waals surface area contributed by atoms with Crippen molar-refractivity contribution in [1.82, 2.24) is 19.9 Å². The maximum absolute atomic E-state index is 9.26. The topological polar surface area (TPSA) is 83.6 Å². The molecule has 0 unspecified atom stereocenters. The fourth-order valence-corrected chi connectivity index (χ4v) is 2.82. The van der Waals surface area contributed by atoms with E-state index in [1.54, 1.807) is 6.20 Å². The van der Waals surface area contributed by atoms with Crippen LogP contribution in [-0.4, -0.2) is 68.6 Å². The van der Waals surface area contributed by atoms with E-state index in [4.69, 9.17) is 4.74 Å². The Morgan fingerprint density at radius 2 is 2.28 bits per heavy atom. The normalized spacial score (nSPS) is 28.2. The molecule has 1 aromatic rings. The SMILES string of the molecule is OCC(CO)N1CC[C@H]2OCc3cnnn3[C@@H]2C1. The molecule has 3 rings (SSSR count). The monoisotopic (exact) mass is 254 g/mol. The van der Waals surface area contributed by atoms with E-state index in [0.29, 0.717) is 6.61 Å². The molecule has 1 saturated heterocycles. The molecule has 0 aliphatic carbocycles. The third-order valence-corrected chi connectivity index (χ3v) is 3.90. The molecule has 0 spiro atoms. The van der Waals surface area contributed by atoms with E-state index in [9.17, 15) is 10.2 Å². The van der Waals surface area contributed by atoms with E-state index in [1.807, 2.05) is 4.68 Å². The number of aromatic nitrogens is 3. The highest BCUT2D eigenvalue weighted by molar-refractivity contribution is 5.01. The van der Waals surface area contributed by atoms with Gasteiger partial charge in [0.05, 0.1) is 49.9 Å². The van der Waals surface area contributed by atoms with Crippen LogP contribution in [-0.2, 0) is 11.3 Å². The summed E-state index contributed by atoms with van der Waals surface area (Å²) < 4.78 is 7.73. The molecule has 0 radical (unpaired) electrons. The predicted molar refractivity (Wildman–Crippen MR) is 61.8 cm³/mol. The third-order valence-electron chi connectivity index (χ3n) is 3.90. The van der Waals surface area contributed by atoms with Gasteiger partial charge in [0.15, 0.2) is 0 Å². The highest BCUT2D eigenvalue weighted by atomic mass is 16.5. The molecule has 0 aromatic carbocycles. The number of likely N-dealkylation sites (tertiary alicyclic amines) is 1. The first-order valence-corrected chi connectivity index (χ1v) is 6.30. The van der Waals surface area contributed by atoms with Crippen molar-refractivity contribution in [2.45, 2.75) is 31.2 Å². The summed E-state index contributed by atoms with van der Waals surface area (Å²) in [6.07, 6.45) is 2.78. The average Bonchev–Trinajstić information content (AvgIpc) is 2.88. The van der Waals surface area contributed by atoms with Crippen molar-refractivity contribution in [3.05, 3.63) is 11.9 Å². The molecule has 2 N–H and O–H groups in total. The van der Waals surface area contributed by atoms with E-state index in [2.05, 4.69) is 15.2 Å². The Hall–Kier alpha value is -1.02. The van der Waals surface area contributed by atoms with E-state index < -0.39 is 0 Å². The standard InChI is InChI=1S/C11H18N4O3/c16-5-9(6-17)14-2-1-11-10(4-14)15-8(7-18-11)3-12-13-15/h3,9-11,16-17H,1-2,4-7H2/t10-,11-/m1/s1. The van der Waals surface area contributed by atoms with Crippen LogP contribution < -0.4 is 0 Å². The van der Waals surface area contributed by atoms with Crippen LogP contribution in [0.25, 0.3) is 0 Å². The van der Waals surface area contributed by atoms with Crippen molar-refractivity contribution in [3.63, 3.8) is 0 Å². The third kappa shape index (κ3) is 1.93. The predicted octanol–water partition coefficient (Wildman–Crippen LogP) is -1.22. The fraction of sp³-hybridized carbons (Fsp3) is 0.818. The van der Waals surface area contributed by atoms with Gasteiger partial charge < -0.3 is 14.9 Å². The Balaban J connectivity index is 1.79. The van der Waals surface area contributed by atoms with Crippen molar-refractivity contribution in [2.75, 3.05) is 26.3 Å².